The van der Waals surface area contributed by atoms with Crippen LogP contribution in [-0.4, -0.2) is 42.2 Å². The zero-order valence-electron chi connectivity index (χ0n) is 12.0. The molecule has 0 bridgehead atoms. The van der Waals surface area contributed by atoms with Crippen LogP contribution in [0.25, 0.3) is 0 Å². The summed E-state index contributed by atoms with van der Waals surface area (Å²) < 4.78 is 40.9. The first-order valence-electron chi connectivity index (χ1n) is 6.41. The zero-order chi connectivity index (χ0) is 16.8. The van der Waals surface area contributed by atoms with Gasteiger partial charge in [0.05, 0.1) is 6.54 Å². The number of alkyl halides is 3. The number of nitrogens with one attached hydrogen (secondary N) is 2. The molecule has 0 atom stereocenters. The van der Waals surface area contributed by atoms with E-state index in [0.717, 1.165) is 0 Å². The van der Waals surface area contributed by atoms with Gasteiger partial charge in [-0.15, -0.1) is 0 Å². The van der Waals surface area contributed by atoms with Crippen molar-refractivity contribution in [2.24, 2.45) is 0 Å². The smallest absolute Gasteiger partial charge is 0.422 e. The van der Waals surface area contributed by atoms with Crippen LogP contribution in [0, 0.1) is 0 Å². The monoisotopic (exact) mass is 319 g/mol. The third-order valence-electron chi connectivity index (χ3n) is 2.25. The highest BCUT2D eigenvalue weighted by atomic mass is 19.4. The van der Waals surface area contributed by atoms with Crippen molar-refractivity contribution in [1.82, 2.24) is 15.6 Å². The molecule has 6 nitrogen and oxygen atoms in total. The van der Waals surface area contributed by atoms with Crippen LogP contribution in [0.1, 0.15) is 24.2 Å². The Morgan fingerprint density at radius 3 is 2.64 bits per heavy atom. The fourth-order valence-corrected chi connectivity index (χ4v) is 1.46. The Labute approximate surface area is 125 Å². The number of halogens is 3. The molecule has 1 rings (SSSR count). The zero-order valence-corrected chi connectivity index (χ0v) is 12.0. The maximum atomic E-state index is 12.1. The molecule has 22 heavy (non-hydrogen) atoms. The average Bonchev–Trinajstić information content (AvgIpc) is 2.41. The van der Waals surface area contributed by atoms with Gasteiger partial charge < -0.3 is 15.4 Å². The predicted molar refractivity (Wildman–Crippen MR) is 71.4 cm³/mol. The van der Waals surface area contributed by atoms with Crippen molar-refractivity contribution < 1.29 is 27.5 Å². The molecule has 0 spiro atoms. The number of carbonyl (C=O) groups excluding carboxylic acids is 2. The number of hydrogen-bond acceptors (Lipinski definition) is 4. The van der Waals surface area contributed by atoms with Crippen LogP contribution in [0.5, 0.6) is 5.88 Å². The molecule has 0 aliphatic heterocycles. The van der Waals surface area contributed by atoms with E-state index in [9.17, 15) is 22.8 Å². The molecule has 0 saturated heterocycles. The van der Waals surface area contributed by atoms with Crippen molar-refractivity contribution in [2.45, 2.75) is 26.1 Å². The molecular weight excluding hydrogens is 303 g/mol. The first-order valence-corrected chi connectivity index (χ1v) is 6.41. The van der Waals surface area contributed by atoms with Gasteiger partial charge in [-0.1, -0.05) is 0 Å². The van der Waals surface area contributed by atoms with Gasteiger partial charge in [0.1, 0.15) is 5.56 Å². The minimum atomic E-state index is -4.54. The van der Waals surface area contributed by atoms with E-state index in [4.69, 9.17) is 0 Å². The molecule has 2 N–H and O–H groups in total. The van der Waals surface area contributed by atoms with E-state index in [1.807, 2.05) is 0 Å². The Hall–Kier alpha value is -2.32. The SMILES string of the molecule is CC(C)NC(=O)CNC(=O)c1cccnc1OCC(F)(F)F. The van der Waals surface area contributed by atoms with E-state index in [-0.39, 0.29) is 18.2 Å². The van der Waals surface area contributed by atoms with Crippen molar-refractivity contribution >= 4 is 11.8 Å². The summed E-state index contributed by atoms with van der Waals surface area (Å²) in [6, 6.07) is 2.55. The summed E-state index contributed by atoms with van der Waals surface area (Å²) in [4.78, 5) is 26.9. The number of hydrogen-bond donors (Lipinski definition) is 2. The van der Waals surface area contributed by atoms with Gasteiger partial charge in [0, 0.05) is 12.2 Å². The first-order chi connectivity index (χ1) is 10.2. The highest BCUT2D eigenvalue weighted by molar-refractivity contribution is 5.98. The summed E-state index contributed by atoms with van der Waals surface area (Å²) in [7, 11) is 0. The number of pyridine rings is 1. The van der Waals surface area contributed by atoms with Gasteiger partial charge >= 0.3 is 6.18 Å². The predicted octanol–water partition coefficient (Wildman–Crippen LogP) is 1.28. The number of amides is 2. The second-order valence-electron chi connectivity index (χ2n) is 4.66. The highest BCUT2D eigenvalue weighted by Gasteiger charge is 2.29. The molecule has 122 valence electrons. The summed E-state index contributed by atoms with van der Waals surface area (Å²) in [6.45, 7) is 1.65. The van der Waals surface area contributed by atoms with Crippen LogP contribution in [0.2, 0.25) is 0 Å². The third kappa shape index (κ3) is 6.42. The van der Waals surface area contributed by atoms with E-state index in [1.165, 1.54) is 18.3 Å². The van der Waals surface area contributed by atoms with Crippen LogP contribution >= 0.6 is 0 Å². The minimum absolute atomic E-state index is 0.0894. The van der Waals surface area contributed by atoms with Gasteiger partial charge in [0.25, 0.3) is 5.91 Å². The van der Waals surface area contributed by atoms with Crippen molar-refractivity contribution in [3.05, 3.63) is 23.9 Å². The molecule has 0 aliphatic carbocycles. The van der Waals surface area contributed by atoms with Gasteiger partial charge in [0.2, 0.25) is 11.8 Å². The molecule has 2 amide bonds. The summed E-state index contributed by atoms with van der Waals surface area (Å²) in [6.07, 6.45) is -3.34. The molecule has 1 aromatic heterocycles. The average molecular weight is 319 g/mol. The Morgan fingerprint density at radius 1 is 1.36 bits per heavy atom. The molecule has 0 unspecified atom stereocenters. The quantitative estimate of drug-likeness (QED) is 0.828. The van der Waals surface area contributed by atoms with Crippen LogP contribution in [-0.2, 0) is 4.79 Å². The number of aromatic nitrogens is 1. The Kier molecular flexibility index (Phi) is 6.14. The number of ether oxygens (including phenoxy) is 1. The van der Waals surface area contributed by atoms with Gasteiger partial charge in [-0.2, -0.15) is 13.2 Å². The largest absolute Gasteiger partial charge is 0.467 e. The number of carbonyl (C=O) groups is 2. The minimum Gasteiger partial charge on any atom is -0.467 e. The Balaban J connectivity index is 2.67. The molecule has 9 heteroatoms. The van der Waals surface area contributed by atoms with Crippen molar-refractivity contribution in [3.8, 4) is 5.88 Å². The van der Waals surface area contributed by atoms with Crippen LogP contribution in [0.4, 0.5) is 13.2 Å². The van der Waals surface area contributed by atoms with Crippen LogP contribution < -0.4 is 15.4 Å². The van der Waals surface area contributed by atoms with E-state index in [2.05, 4.69) is 20.4 Å². The first kappa shape index (κ1) is 17.7. The summed E-state index contributed by atoms with van der Waals surface area (Å²) >= 11 is 0. The molecule has 0 fully saturated rings. The van der Waals surface area contributed by atoms with Gasteiger partial charge in [-0.3, -0.25) is 9.59 Å². The van der Waals surface area contributed by atoms with E-state index in [1.54, 1.807) is 13.8 Å². The standard InChI is InChI=1S/C13H16F3N3O3/c1-8(2)19-10(20)6-18-11(21)9-4-3-5-17-12(9)22-7-13(14,15)16/h3-5,8H,6-7H2,1-2H3,(H,18,21)(H,19,20). The lowest BCUT2D eigenvalue weighted by Crippen LogP contribution is -2.40. The molecule has 1 heterocycles. The summed E-state index contributed by atoms with van der Waals surface area (Å²) in [5, 5.41) is 4.85. The molecular formula is C13H16F3N3O3. The molecule has 0 radical (unpaired) electrons. The maximum Gasteiger partial charge on any atom is 0.422 e. The van der Waals surface area contributed by atoms with Crippen LogP contribution in [0.15, 0.2) is 18.3 Å². The molecule has 0 aliphatic rings. The topological polar surface area (TPSA) is 80.3 Å². The van der Waals surface area contributed by atoms with Crippen molar-refractivity contribution in [1.29, 1.82) is 0 Å². The third-order valence-corrected chi connectivity index (χ3v) is 2.25. The van der Waals surface area contributed by atoms with Crippen LogP contribution in [0.3, 0.4) is 0 Å². The van der Waals surface area contributed by atoms with E-state index >= 15 is 0 Å². The Bertz CT molecular complexity index is 533. The fraction of sp³-hybridized carbons (Fsp3) is 0.462. The normalized spacial score (nSPS) is 11.2. The van der Waals surface area contributed by atoms with Gasteiger partial charge in [-0.05, 0) is 26.0 Å². The van der Waals surface area contributed by atoms with E-state index in [0.29, 0.717) is 0 Å². The molecule has 1 aromatic rings. The van der Waals surface area contributed by atoms with Gasteiger partial charge in [-0.25, -0.2) is 4.98 Å². The lowest BCUT2D eigenvalue weighted by Gasteiger charge is -2.12. The summed E-state index contributed by atoms with van der Waals surface area (Å²) in [5.74, 6) is -1.60. The second kappa shape index (κ2) is 7.62. The van der Waals surface area contributed by atoms with Crippen molar-refractivity contribution in [3.63, 3.8) is 0 Å². The molecule has 0 saturated carbocycles. The second-order valence-corrected chi connectivity index (χ2v) is 4.66. The van der Waals surface area contributed by atoms with Crippen molar-refractivity contribution in [2.75, 3.05) is 13.2 Å². The Morgan fingerprint density at radius 2 is 2.05 bits per heavy atom. The fourth-order valence-electron chi connectivity index (χ4n) is 1.46. The lowest BCUT2D eigenvalue weighted by atomic mass is 10.2. The van der Waals surface area contributed by atoms with Gasteiger partial charge in [0.15, 0.2) is 6.61 Å². The lowest BCUT2D eigenvalue weighted by molar-refractivity contribution is -0.154. The maximum absolute atomic E-state index is 12.1. The highest BCUT2D eigenvalue weighted by Crippen LogP contribution is 2.19. The number of rotatable bonds is 6. The summed E-state index contributed by atoms with van der Waals surface area (Å²) in [5.41, 5.74) is -0.177. The number of nitrogens with zero attached hydrogens (tertiary/aromatic N) is 1. The molecule has 0 aromatic carbocycles. The van der Waals surface area contributed by atoms with E-state index < -0.39 is 30.5 Å².